The van der Waals surface area contributed by atoms with E-state index in [1.165, 1.54) is 5.56 Å². The molecule has 4 heteroatoms. The number of aromatic amines is 1. The van der Waals surface area contributed by atoms with Crippen LogP contribution in [0, 0.1) is 0 Å². The van der Waals surface area contributed by atoms with E-state index in [4.69, 9.17) is 10.5 Å². The summed E-state index contributed by atoms with van der Waals surface area (Å²) in [6.45, 7) is 5.79. The summed E-state index contributed by atoms with van der Waals surface area (Å²) in [6.07, 6.45) is 4.14. The lowest BCUT2D eigenvalue weighted by Gasteiger charge is -2.11. The van der Waals surface area contributed by atoms with Crippen LogP contribution in [0.3, 0.4) is 0 Å². The Balaban J connectivity index is 2.85. The van der Waals surface area contributed by atoms with Crippen molar-refractivity contribution in [3.8, 4) is 0 Å². The van der Waals surface area contributed by atoms with Crippen molar-refractivity contribution in [1.29, 1.82) is 0 Å². The second kappa shape index (κ2) is 6.71. The van der Waals surface area contributed by atoms with Crippen molar-refractivity contribution in [1.82, 2.24) is 4.98 Å². The van der Waals surface area contributed by atoms with Gasteiger partial charge in [0, 0.05) is 22.0 Å². The molecule has 1 aromatic heterocycles. The Hall–Kier alpha value is -2.20. The molecule has 22 heavy (non-hydrogen) atoms. The van der Waals surface area contributed by atoms with Gasteiger partial charge in [0.15, 0.2) is 5.88 Å². The second-order valence-corrected chi connectivity index (χ2v) is 5.31. The number of hydrogen-bond acceptors (Lipinski definition) is 3. The van der Waals surface area contributed by atoms with Gasteiger partial charge in [-0.1, -0.05) is 25.1 Å². The van der Waals surface area contributed by atoms with Crippen LogP contribution in [0.5, 0.6) is 0 Å². The van der Waals surface area contributed by atoms with Crippen LogP contribution in [0.15, 0.2) is 36.2 Å². The molecule has 0 aliphatic rings. The van der Waals surface area contributed by atoms with Crippen molar-refractivity contribution in [2.24, 2.45) is 5.73 Å². The molecular weight excluding hydrogens is 276 g/mol. The summed E-state index contributed by atoms with van der Waals surface area (Å²) in [5.41, 5.74) is 10.7. The van der Waals surface area contributed by atoms with E-state index in [1.54, 1.807) is 14.0 Å². The first-order valence-corrected chi connectivity index (χ1v) is 7.52. The minimum atomic E-state index is -0.627. The fourth-order valence-electron chi connectivity index (χ4n) is 2.65. The fourth-order valence-corrected chi connectivity index (χ4v) is 2.65. The van der Waals surface area contributed by atoms with Gasteiger partial charge in [-0.15, -0.1) is 0 Å². The van der Waals surface area contributed by atoms with Gasteiger partial charge in [0.05, 0.1) is 18.9 Å². The number of ether oxygens (including phenoxy) is 1. The molecule has 4 N–H and O–H groups in total. The highest BCUT2D eigenvalue weighted by Gasteiger charge is 2.20. The number of methoxy groups -OCH3 is 1. The lowest BCUT2D eigenvalue weighted by molar-refractivity contribution is 0.195. The first kappa shape index (κ1) is 16.2. The minimum absolute atomic E-state index is 0.336. The van der Waals surface area contributed by atoms with Gasteiger partial charge in [0.1, 0.15) is 0 Å². The van der Waals surface area contributed by atoms with Crippen LogP contribution >= 0.6 is 0 Å². The number of aromatic nitrogens is 1. The number of H-pyrrole nitrogens is 1. The number of aryl methyl sites for hydroxylation is 1. The Kier molecular flexibility index (Phi) is 4.93. The molecule has 0 aliphatic carbocycles. The third-order valence-electron chi connectivity index (χ3n) is 3.81. The molecule has 0 spiro atoms. The maximum absolute atomic E-state index is 10.1. The Labute approximate surface area is 131 Å². The minimum Gasteiger partial charge on any atom is -0.482 e. The summed E-state index contributed by atoms with van der Waals surface area (Å²) in [5, 5.41) is 11.2. The number of benzene rings is 1. The molecule has 0 fully saturated rings. The summed E-state index contributed by atoms with van der Waals surface area (Å²) in [4.78, 5) is 3.30. The molecule has 0 amide bonds. The van der Waals surface area contributed by atoms with Crippen molar-refractivity contribution < 1.29 is 9.84 Å². The lowest BCUT2D eigenvalue weighted by atomic mass is 9.98. The van der Waals surface area contributed by atoms with Crippen LogP contribution in [-0.4, -0.2) is 17.2 Å². The Morgan fingerprint density at radius 3 is 2.73 bits per heavy atom. The lowest BCUT2D eigenvalue weighted by Crippen LogP contribution is -2.05. The molecule has 1 aromatic carbocycles. The molecule has 0 bridgehead atoms. The van der Waals surface area contributed by atoms with E-state index >= 15 is 0 Å². The molecule has 1 unspecified atom stereocenters. The van der Waals surface area contributed by atoms with Gasteiger partial charge in [-0.3, -0.25) is 0 Å². The number of aliphatic hydroxyl groups excluding tert-OH is 1. The molecule has 1 atom stereocenters. The third-order valence-corrected chi connectivity index (χ3v) is 3.81. The van der Waals surface area contributed by atoms with Crippen molar-refractivity contribution in [2.45, 2.75) is 33.3 Å². The molecule has 1 heterocycles. The number of nitrogens with one attached hydrogen (secondary N) is 1. The molecule has 0 saturated heterocycles. The topological polar surface area (TPSA) is 71.3 Å². The van der Waals surface area contributed by atoms with Crippen molar-refractivity contribution in [3.63, 3.8) is 0 Å². The number of aliphatic hydroxyl groups is 1. The molecule has 2 rings (SSSR count). The first-order valence-electron chi connectivity index (χ1n) is 7.52. The van der Waals surface area contributed by atoms with Crippen molar-refractivity contribution in [2.75, 3.05) is 7.11 Å². The average Bonchev–Trinajstić information content (AvgIpc) is 2.90. The predicted octanol–water partition coefficient (Wildman–Crippen LogP) is 3.63. The fraction of sp³-hybridized carbons (Fsp3) is 0.333. The Bertz CT molecular complexity index is 724. The highest BCUT2D eigenvalue weighted by atomic mass is 16.5. The molecule has 0 saturated carbocycles. The van der Waals surface area contributed by atoms with E-state index < -0.39 is 6.10 Å². The van der Waals surface area contributed by atoms with Gasteiger partial charge < -0.3 is 20.6 Å². The van der Waals surface area contributed by atoms with E-state index in [1.807, 2.05) is 25.1 Å². The summed E-state index contributed by atoms with van der Waals surface area (Å²) >= 11 is 0. The summed E-state index contributed by atoms with van der Waals surface area (Å²) in [6, 6.07) is 6.27. The van der Waals surface area contributed by atoms with Gasteiger partial charge >= 0.3 is 0 Å². The maximum atomic E-state index is 10.1. The first-order chi connectivity index (χ1) is 10.5. The van der Waals surface area contributed by atoms with E-state index in [9.17, 15) is 5.11 Å². The molecule has 2 aromatic rings. The Morgan fingerprint density at radius 1 is 1.45 bits per heavy atom. The quantitative estimate of drug-likeness (QED) is 0.583. The van der Waals surface area contributed by atoms with E-state index in [-0.39, 0.29) is 0 Å². The average molecular weight is 300 g/mol. The second-order valence-electron chi connectivity index (χ2n) is 5.31. The third kappa shape index (κ3) is 2.88. The van der Waals surface area contributed by atoms with Crippen LogP contribution in [0.25, 0.3) is 16.5 Å². The zero-order valence-corrected chi connectivity index (χ0v) is 13.6. The van der Waals surface area contributed by atoms with Gasteiger partial charge in [-0.25, -0.2) is 0 Å². The highest BCUT2D eigenvalue weighted by molar-refractivity contribution is 5.97. The normalized spacial score (nSPS) is 14.4. The van der Waals surface area contributed by atoms with Crippen LogP contribution in [0.4, 0.5) is 0 Å². The van der Waals surface area contributed by atoms with Crippen LogP contribution < -0.4 is 5.73 Å². The SMILES string of the molecule is C/C=C\C(=C(/N)OC)c1c(C(C)O)[nH]c2ccc(CC)cc12. The van der Waals surface area contributed by atoms with Gasteiger partial charge in [0.2, 0.25) is 0 Å². The molecule has 118 valence electrons. The number of hydrogen-bond donors (Lipinski definition) is 3. The Morgan fingerprint density at radius 2 is 2.18 bits per heavy atom. The summed E-state index contributed by atoms with van der Waals surface area (Å²) in [7, 11) is 1.55. The molecule has 0 aliphatic heterocycles. The van der Waals surface area contributed by atoms with Gasteiger partial charge in [-0.2, -0.15) is 0 Å². The number of nitrogens with two attached hydrogens (primary N) is 1. The molecule has 4 nitrogen and oxygen atoms in total. The van der Waals surface area contributed by atoms with Crippen molar-refractivity contribution in [3.05, 3.63) is 53.1 Å². The number of fused-ring (bicyclic) bond motifs is 1. The monoisotopic (exact) mass is 300 g/mol. The largest absolute Gasteiger partial charge is 0.482 e. The van der Waals surface area contributed by atoms with Crippen LogP contribution in [-0.2, 0) is 11.2 Å². The van der Waals surface area contributed by atoms with Crippen LogP contribution in [0.2, 0.25) is 0 Å². The molecular formula is C18H24N2O2. The van der Waals surface area contributed by atoms with Gasteiger partial charge in [0.25, 0.3) is 0 Å². The van der Waals surface area contributed by atoms with E-state index in [2.05, 4.69) is 24.0 Å². The van der Waals surface area contributed by atoms with E-state index in [0.717, 1.165) is 34.2 Å². The summed E-state index contributed by atoms with van der Waals surface area (Å²) < 4.78 is 5.24. The van der Waals surface area contributed by atoms with Crippen LogP contribution in [0.1, 0.15) is 43.7 Å². The van der Waals surface area contributed by atoms with Gasteiger partial charge in [-0.05, 0) is 38.0 Å². The van der Waals surface area contributed by atoms with Crippen molar-refractivity contribution >= 4 is 16.5 Å². The zero-order valence-electron chi connectivity index (χ0n) is 13.6. The highest BCUT2D eigenvalue weighted by Crippen LogP contribution is 2.34. The maximum Gasteiger partial charge on any atom is 0.191 e. The standard InChI is InChI=1S/C18H24N2O2/c1-5-7-13(18(19)22-4)16-14-10-12(6-2)8-9-15(14)20-17(16)11(3)21/h5,7-11,20-21H,6,19H2,1-4H3/b7-5-,18-13-. The predicted molar refractivity (Wildman–Crippen MR) is 91.2 cm³/mol. The zero-order chi connectivity index (χ0) is 16.3. The van der Waals surface area contributed by atoms with E-state index in [0.29, 0.717) is 5.88 Å². The summed E-state index contributed by atoms with van der Waals surface area (Å²) in [5.74, 6) is 0.336. The smallest absolute Gasteiger partial charge is 0.191 e. The number of rotatable bonds is 5. The molecule has 0 radical (unpaired) electrons. The number of allylic oxidation sites excluding steroid dienone is 3.